The summed E-state index contributed by atoms with van der Waals surface area (Å²) in [5, 5.41) is 9.89. The van der Waals surface area contributed by atoms with Crippen LogP contribution in [-0.4, -0.2) is 41.1 Å². The number of benzene rings is 1. The quantitative estimate of drug-likeness (QED) is 0.787. The average Bonchev–Trinajstić information content (AvgIpc) is 3.28. The maximum atomic E-state index is 12.7. The molecule has 30 heavy (non-hydrogen) atoms. The molecule has 2 aromatic rings. The smallest absolute Gasteiger partial charge is 0.315 e. The first-order chi connectivity index (χ1) is 14.7. The van der Waals surface area contributed by atoms with Gasteiger partial charge in [-0.05, 0) is 25.7 Å². The number of carbonyl (C=O) groups excluding carboxylic acids is 2. The molecule has 0 bridgehead atoms. The van der Waals surface area contributed by atoms with Crippen LogP contribution in [0, 0.1) is 5.92 Å². The van der Waals surface area contributed by atoms with Gasteiger partial charge in [0, 0.05) is 36.7 Å². The van der Waals surface area contributed by atoms with Crippen LogP contribution < -0.4 is 10.6 Å². The van der Waals surface area contributed by atoms with Gasteiger partial charge < -0.3 is 20.1 Å². The van der Waals surface area contributed by atoms with Gasteiger partial charge in [-0.15, -0.1) is 0 Å². The lowest BCUT2D eigenvalue weighted by Crippen LogP contribution is -2.50. The molecular formula is C23H30N4O3. The summed E-state index contributed by atoms with van der Waals surface area (Å²) < 4.78 is 5.36. The second-order valence-corrected chi connectivity index (χ2v) is 8.31. The molecule has 1 aromatic carbocycles. The topological polar surface area (TPSA) is 87.5 Å². The SMILES string of the molecule is O=C(NCc1cc(-c2ccccc2)on1)NC1CCN(C(=O)C2CCCCC2)CC1. The number of rotatable bonds is 5. The minimum Gasteiger partial charge on any atom is -0.356 e. The number of hydrogen-bond acceptors (Lipinski definition) is 4. The van der Waals surface area contributed by atoms with E-state index in [9.17, 15) is 9.59 Å². The fourth-order valence-electron chi connectivity index (χ4n) is 4.39. The van der Waals surface area contributed by atoms with Crippen LogP contribution in [0.4, 0.5) is 4.79 Å². The van der Waals surface area contributed by atoms with Gasteiger partial charge in [0.05, 0.1) is 6.54 Å². The van der Waals surface area contributed by atoms with E-state index in [0.29, 0.717) is 23.9 Å². The third-order valence-corrected chi connectivity index (χ3v) is 6.14. The normalized spacial score (nSPS) is 18.2. The zero-order chi connectivity index (χ0) is 20.8. The van der Waals surface area contributed by atoms with E-state index in [1.807, 2.05) is 41.3 Å². The van der Waals surface area contributed by atoms with Crippen LogP contribution in [0.2, 0.25) is 0 Å². The zero-order valence-corrected chi connectivity index (χ0v) is 17.3. The van der Waals surface area contributed by atoms with Crippen LogP contribution in [-0.2, 0) is 11.3 Å². The first-order valence-corrected chi connectivity index (χ1v) is 11.0. The number of nitrogens with one attached hydrogen (secondary N) is 2. The number of aromatic nitrogens is 1. The molecule has 7 nitrogen and oxygen atoms in total. The Morgan fingerprint density at radius 2 is 1.77 bits per heavy atom. The van der Waals surface area contributed by atoms with Crippen LogP contribution in [0.15, 0.2) is 40.9 Å². The van der Waals surface area contributed by atoms with Crippen molar-refractivity contribution >= 4 is 11.9 Å². The maximum Gasteiger partial charge on any atom is 0.315 e. The summed E-state index contributed by atoms with van der Waals surface area (Å²) in [7, 11) is 0. The molecule has 1 aliphatic carbocycles. The van der Waals surface area contributed by atoms with Crippen molar-refractivity contribution in [3.63, 3.8) is 0 Å². The molecule has 3 amide bonds. The molecule has 4 rings (SSSR count). The molecule has 2 aliphatic rings. The Labute approximate surface area is 177 Å². The molecule has 0 atom stereocenters. The Kier molecular flexibility index (Phi) is 6.67. The minimum atomic E-state index is -0.212. The van der Waals surface area contributed by atoms with E-state index in [1.165, 1.54) is 19.3 Å². The second kappa shape index (κ2) is 9.78. The van der Waals surface area contributed by atoms with Gasteiger partial charge in [-0.25, -0.2) is 4.79 Å². The van der Waals surface area contributed by atoms with Gasteiger partial charge in [-0.2, -0.15) is 0 Å². The predicted molar refractivity (Wildman–Crippen MR) is 113 cm³/mol. The average molecular weight is 411 g/mol. The summed E-state index contributed by atoms with van der Waals surface area (Å²) in [6, 6.07) is 11.5. The van der Waals surface area contributed by atoms with Crippen molar-refractivity contribution in [1.29, 1.82) is 0 Å². The van der Waals surface area contributed by atoms with Crippen LogP contribution >= 0.6 is 0 Å². The Hall–Kier alpha value is -2.83. The molecule has 1 aromatic heterocycles. The van der Waals surface area contributed by atoms with E-state index < -0.39 is 0 Å². The van der Waals surface area contributed by atoms with Gasteiger partial charge in [-0.1, -0.05) is 54.8 Å². The molecule has 0 radical (unpaired) electrons. The van der Waals surface area contributed by atoms with E-state index in [2.05, 4.69) is 15.8 Å². The van der Waals surface area contributed by atoms with Gasteiger partial charge in [0.2, 0.25) is 5.91 Å². The molecule has 2 fully saturated rings. The monoisotopic (exact) mass is 410 g/mol. The molecule has 1 saturated heterocycles. The van der Waals surface area contributed by atoms with Gasteiger partial charge in [0.25, 0.3) is 0 Å². The third kappa shape index (κ3) is 5.20. The lowest BCUT2D eigenvalue weighted by molar-refractivity contribution is -0.137. The summed E-state index contributed by atoms with van der Waals surface area (Å²) in [4.78, 5) is 26.9. The standard InChI is InChI=1S/C23H30N4O3/c28-22(18-9-5-2-6-10-18)27-13-11-19(12-14-27)25-23(29)24-16-20-15-21(30-26-20)17-7-3-1-4-8-17/h1,3-4,7-8,15,18-19H,2,5-6,9-14,16H2,(H2,24,25,29). The van der Waals surface area contributed by atoms with E-state index in [0.717, 1.165) is 44.3 Å². The molecule has 2 N–H and O–H groups in total. The number of amides is 3. The first-order valence-electron chi connectivity index (χ1n) is 11.0. The first kappa shape index (κ1) is 20.4. The fourth-order valence-corrected chi connectivity index (χ4v) is 4.39. The number of hydrogen-bond donors (Lipinski definition) is 2. The fraction of sp³-hybridized carbons (Fsp3) is 0.522. The van der Waals surface area contributed by atoms with Crippen LogP contribution in [0.1, 0.15) is 50.6 Å². The number of piperidine rings is 1. The summed E-state index contributed by atoms with van der Waals surface area (Å²) >= 11 is 0. The Balaban J connectivity index is 1.18. The Morgan fingerprint density at radius 1 is 1.03 bits per heavy atom. The van der Waals surface area contributed by atoms with Gasteiger partial charge in [0.1, 0.15) is 5.69 Å². The van der Waals surface area contributed by atoms with Crippen molar-refractivity contribution < 1.29 is 14.1 Å². The van der Waals surface area contributed by atoms with Gasteiger partial charge in [0.15, 0.2) is 5.76 Å². The summed E-state index contributed by atoms with van der Waals surface area (Å²) in [5.74, 6) is 1.22. The maximum absolute atomic E-state index is 12.7. The molecule has 0 unspecified atom stereocenters. The van der Waals surface area contributed by atoms with Crippen molar-refractivity contribution in [3.8, 4) is 11.3 Å². The van der Waals surface area contributed by atoms with Crippen LogP contribution in [0.25, 0.3) is 11.3 Å². The van der Waals surface area contributed by atoms with E-state index in [1.54, 1.807) is 0 Å². The molecule has 1 saturated carbocycles. The van der Waals surface area contributed by atoms with Crippen molar-refractivity contribution in [2.24, 2.45) is 5.92 Å². The molecule has 7 heteroatoms. The number of nitrogens with zero attached hydrogens (tertiary/aromatic N) is 2. The van der Waals surface area contributed by atoms with E-state index in [-0.39, 0.29) is 18.0 Å². The molecule has 1 aliphatic heterocycles. The summed E-state index contributed by atoms with van der Waals surface area (Å²) in [6.45, 7) is 1.76. The lowest BCUT2D eigenvalue weighted by Gasteiger charge is -2.35. The van der Waals surface area contributed by atoms with Gasteiger partial charge >= 0.3 is 6.03 Å². The zero-order valence-electron chi connectivity index (χ0n) is 17.3. The Morgan fingerprint density at radius 3 is 2.50 bits per heavy atom. The van der Waals surface area contributed by atoms with Crippen molar-refractivity contribution in [1.82, 2.24) is 20.7 Å². The van der Waals surface area contributed by atoms with Gasteiger partial charge in [-0.3, -0.25) is 4.79 Å². The number of likely N-dealkylation sites (tertiary alicyclic amines) is 1. The Bertz CT molecular complexity index is 837. The highest BCUT2D eigenvalue weighted by Crippen LogP contribution is 2.26. The highest BCUT2D eigenvalue weighted by molar-refractivity contribution is 5.79. The molecule has 160 valence electrons. The number of carbonyl (C=O) groups is 2. The van der Waals surface area contributed by atoms with E-state index >= 15 is 0 Å². The summed E-state index contributed by atoms with van der Waals surface area (Å²) in [5.41, 5.74) is 1.63. The lowest BCUT2D eigenvalue weighted by atomic mass is 9.87. The number of urea groups is 1. The highest BCUT2D eigenvalue weighted by atomic mass is 16.5. The predicted octanol–water partition coefficient (Wildman–Crippen LogP) is 3.71. The second-order valence-electron chi connectivity index (χ2n) is 8.31. The molecule has 2 heterocycles. The van der Waals surface area contributed by atoms with Crippen molar-refractivity contribution in [2.75, 3.05) is 13.1 Å². The minimum absolute atomic E-state index is 0.0950. The van der Waals surface area contributed by atoms with Crippen molar-refractivity contribution in [2.45, 2.75) is 57.5 Å². The summed E-state index contributed by atoms with van der Waals surface area (Å²) in [6.07, 6.45) is 7.27. The van der Waals surface area contributed by atoms with Crippen molar-refractivity contribution in [3.05, 3.63) is 42.1 Å². The van der Waals surface area contributed by atoms with Crippen LogP contribution in [0.5, 0.6) is 0 Å². The molecular weight excluding hydrogens is 380 g/mol. The van der Waals surface area contributed by atoms with Crippen LogP contribution in [0.3, 0.4) is 0 Å². The molecule has 0 spiro atoms. The van der Waals surface area contributed by atoms with E-state index in [4.69, 9.17) is 4.52 Å². The third-order valence-electron chi connectivity index (χ3n) is 6.14. The largest absolute Gasteiger partial charge is 0.356 e. The highest BCUT2D eigenvalue weighted by Gasteiger charge is 2.29.